The summed E-state index contributed by atoms with van der Waals surface area (Å²) >= 11 is 0. The molecule has 0 bridgehead atoms. The van der Waals surface area contributed by atoms with Crippen molar-refractivity contribution in [3.8, 4) is 17.1 Å². The summed E-state index contributed by atoms with van der Waals surface area (Å²) < 4.78 is 0. The Morgan fingerprint density at radius 3 is 2.52 bits per heavy atom. The van der Waals surface area contributed by atoms with Crippen LogP contribution in [0.15, 0.2) is 59.7 Å². The first kappa shape index (κ1) is 18.0. The molecule has 0 aliphatic carbocycles. The summed E-state index contributed by atoms with van der Waals surface area (Å²) in [6, 6.07) is 14.7. The SMILES string of the molecule is Cc1cc(N(C)/N=C/c2ccc([N+](=O)[O-])cc2)nc(-c2ccccc2O)n1. The average molecular weight is 363 g/mol. The number of hydrogen-bond donors (Lipinski definition) is 1. The normalized spacial score (nSPS) is 10.9. The lowest BCUT2D eigenvalue weighted by Gasteiger charge is -2.14. The van der Waals surface area contributed by atoms with Crippen LogP contribution in [0.4, 0.5) is 11.5 Å². The Bertz CT molecular complexity index is 1000. The summed E-state index contributed by atoms with van der Waals surface area (Å²) in [5.74, 6) is 1.06. The Morgan fingerprint density at radius 1 is 1.15 bits per heavy atom. The molecule has 0 radical (unpaired) electrons. The molecule has 3 aromatic rings. The predicted molar refractivity (Wildman–Crippen MR) is 103 cm³/mol. The van der Waals surface area contributed by atoms with E-state index in [1.165, 1.54) is 12.1 Å². The largest absolute Gasteiger partial charge is 0.507 e. The zero-order chi connectivity index (χ0) is 19.4. The van der Waals surface area contributed by atoms with E-state index in [0.29, 0.717) is 17.2 Å². The van der Waals surface area contributed by atoms with Crippen molar-refractivity contribution in [2.45, 2.75) is 6.92 Å². The Labute approximate surface area is 155 Å². The first-order chi connectivity index (χ1) is 12.9. The van der Waals surface area contributed by atoms with Gasteiger partial charge in [0.2, 0.25) is 0 Å². The number of para-hydroxylation sites is 1. The molecule has 0 aliphatic heterocycles. The molecule has 0 amide bonds. The highest BCUT2D eigenvalue weighted by Crippen LogP contribution is 2.27. The molecule has 0 spiro atoms. The zero-order valence-electron chi connectivity index (χ0n) is 14.8. The van der Waals surface area contributed by atoms with Crippen molar-refractivity contribution < 1.29 is 10.0 Å². The van der Waals surface area contributed by atoms with E-state index in [4.69, 9.17) is 0 Å². The number of non-ortho nitro benzene ring substituents is 1. The molecule has 0 unspecified atom stereocenters. The quantitative estimate of drug-likeness (QED) is 0.422. The fraction of sp³-hybridized carbons (Fsp3) is 0.105. The van der Waals surface area contributed by atoms with Crippen LogP contribution in [-0.4, -0.2) is 33.3 Å². The van der Waals surface area contributed by atoms with E-state index in [2.05, 4.69) is 15.1 Å². The van der Waals surface area contributed by atoms with Crippen LogP contribution < -0.4 is 5.01 Å². The number of anilines is 1. The lowest BCUT2D eigenvalue weighted by molar-refractivity contribution is -0.384. The molecule has 3 rings (SSSR count). The number of phenolic OH excluding ortho intramolecular Hbond substituents is 1. The molecule has 0 aliphatic rings. The first-order valence-corrected chi connectivity index (χ1v) is 8.10. The lowest BCUT2D eigenvalue weighted by Crippen LogP contribution is -2.12. The molecule has 8 heteroatoms. The summed E-state index contributed by atoms with van der Waals surface area (Å²) in [7, 11) is 1.73. The van der Waals surface area contributed by atoms with Crippen LogP contribution in [0.25, 0.3) is 11.4 Å². The van der Waals surface area contributed by atoms with Gasteiger partial charge in [0.15, 0.2) is 11.6 Å². The Morgan fingerprint density at radius 2 is 1.85 bits per heavy atom. The highest BCUT2D eigenvalue weighted by molar-refractivity contribution is 5.80. The highest BCUT2D eigenvalue weighted by atomic mass is 16.6. The number of nitro groups is 1. The molecule has 1 N–H and O–H groups in total. The van der Waals surface area contributed by atoms with Gasteiger partial charge < -0.3 is 5.11 Å². The fourth-order valence-corrected chi connectivity index (χ4v) is 2.40. The van der Waals surface area contributed by atoms with Gasteiger partial charge in [-0.2, -0.15) is 5.10 Å². The smallest absolute Gasteiger partial charge is 0.269 e. The maximum atomic E-state index is 10.7. The van der Waals surface area contributed by atoms with Gasteiger partial charge in [-0.3, -0.25) is 15.1 Å². The van der Waals surface area contributed by atoms with Gasteiger partial charge in [0, 0.05) is 30.9 Å². The van der Waals surface area contributed by atoms with Crippen molar-refractivity contribution >= 4 is 17.7 Å². The van der Waals surface area contributed by atoms with E-state index in [1.807, 2.05) is 6.92 Å². The monoisotopic (exact) mass is 363 g/mol. The van der Waals surface area contributed by atoms with Gasteiger partial charge in [0.1, 0.15) is 5.75 Å². The van der Waals surface area contributed by atoms with Gasteiger partial charge in [0.05, 0.1) is 16.7 Å². The summed E-state index contributed by atoms with van der Waals surface area (Å²) in [5.41, 5.74) is 2.02. The number of aryl methyl sites for hydroxylation is 1. The standard InChI is InChI=1S/C19H17N5O3/c1-13-11-18(22-19(21-13)16-5-3-4-6-17(16)25)23(2)20-12-14-7-9-15(10-8-14)24(26)27/h3-12,25H,1-2H3/b20-12+. The number of aromatic nitrogens is 2. The number of hydrazone groups is 1. The van der Waals surface area contributed by atoms with Gasteiger partial charge in [-0.05, 0) is 36.8 Å². The highest BCUT2D eigenvalue weighted by Gasteiger charge is 2.11. The van der Waals surface area contributed by atoms with Crippen molar-refractivity contribution in [3.63, 3.8) is 0 Å². The third kappa shape index (κ3) is 4.24. The molecule has 1 aromatic heterocycles. The Hall–Kier alpha value is -3.81. The zero-order valence-corrected chi connectivity index (χ0v) is 14.8. The van der Waals surface area contributed by atoms with Gasteiger partial charge >= 0.3 is 0 Å². The van der Waals surface area contributed by atoms with Crippen LogP contribution in [0.1, 0.15) is 11.3 Å². The number of aromatic hydroxyl groups is 1. The van der Waals surface area contributed by atoms with E-state index in [0.717, 1.165) is 11.3 Å². The summed E-state index contributed by atoms with van der Waals surface area (Å²) in [4.78, 5) is 19.1. The summed E-state index contributed by atoms with van der Waals surface area (Å²) in [6.45, 7) is 1.84. The van der Waals surface area contributed by atoms with Gasteiger partial charge in [-0.1, -0.05) is 12.1 Å². The first-order valence-electron chi connectivity index (χ1n) is 8.10. The van der Waals surface area contributed by atoms with Crippen LogP contribution in [0.3, 0.4) is 0 Å². The number of nitrogens with zero attached hydrogens (tertiary/aromatic N) is 5. The average Bonchev–Trinajstić information content (AvgIpc) is 2.66. The molecular weight excluding hydrogens is 346 g/mol. The predicted octanol–water partition coefficient (Wildman–Crippen LogP) is 3.54. The summed E-state index contributed by atoms with van der Waals surface area (Å²) in [6.07, 6.45) is 1.58. The molecule has 8 nitrogen and oxygen atoms in total. The lowest BCUT2D eigenvalue weighted by atomic mass is 10.2. The minimum atomic E-state index is -0.447. The van der Waals surface area contributed by atoms with Crippen LogP contribution in [0, 0.1) is 17.0 Å². The Balaban J connectivity index is 1.85. The van der Waals surface area contributed by atoms with Crippen molar-refractivity contribution in [2.24, 2.45) is 5.10 Å². The third-order valence-electron chi connectivity index (χ3n) is 3.80. The van der Waals surface area contributed by atoms with Crippen molar-refractivity contribution in [3.05, 3.63) is 76.0 Å². The molecule has 1 heterocycles. The Kier molecular flexibility index (Phi) is 5.07. The van der Waals surface area contributed by atoms with Crippen LogP contribution in [0.2, 0.25) is 0 Å². The second kappa shape index (κ2) is 7.61. The summed E-state index contributed by atoms with van der Waals surface area (Å²) in [5, 5.41) is 26.6. The minimum absolute atomic E-state index is 0.0271. The second-order valence-corrected chi connectivity index (χ2v) is 5.83. The molecule has 0 saturated heterocycles. The van der Waals surface area contributed by atoms with E-state index in [-0.39, 0.29) is 11.4 Å². The fourth-order valence-electron chi connectivity index (χ4n) is 2.40. The van der Waals surface area contributed by atoms with Crippen LogP contribution in [-0.2, 0) is 0 Å². The molecule has 0 fully saturated rings. The van der Waals surface area contributed by atoms with Gasteiger partial charge in [0.25, 0.3) is 5.69 Å². The molecule has 0 saturated carbocycles. The van der Waals surface area contributed by atoms with Gasteiger partial charge in [-0.15, -0.1) is 0 Å². The number of nitro benzene ring substituents is 1. The van der Waals surface area contributed by atoms with Crippen LogP contribution in [0.5, 0.6) is 5.75 Å². The molecular formula is C19H17N5O3. The maximum absolute atomic E-state index is 10.7. The van der Waals surface area contributed by atoms with E-state index < -0.39 is 4.92 Å². The van der Waals surface area contributed by atoms with Crippen molar-refractivity contribution in [1.29, 1.82) is 0 Å². The molecule has 2 aromatic carbocycles. The van der Waals surface area contributed by atoms with Crippen molar-refractivity contribution in [1.82, 2.24) is 9.97 Å². The topological polar surface area (TPSA) is 105 Å². The molecule has 0 atom stereocenters. The minimum Gasteiger partial charge on any atom is -0.507 e. The van der Waals surface area contributed by atoms with E-state index >= 15 is 0 Å². The number of benzene rings is 2. The number of phenols is 1. The van der Waals surface area contributed by atoms with Crippen LogP contribution >= 0.6 is 0 Å². The second-order valence-electron chi connectivity index (χ2n) is 5.83. The molecule has 136 valence electrons. The third-order valence-corrected chi connectivity index (χ3v) is 3.80. The number of rotatable bonds is 5. The number of hydrogen-bond acceptors (Lipinski definition) is 7. The van der Waals surface area contributed by atoms with Crippen molar-refractivity contribution in [2.75, 3.05) is 12.1 Å². The molecule has 27 heavy (non-hydrogen) atoms. The maximum Gasteiger partial charge on any atom is 0.269 e. The van der Waals surface area contributed by atoms with Gasteiger partial charge in [-0.25, -0.2) is 9.97 Å². The van der Waals surface area contributed by atoms with E-state index in [9.17, 15) is 15.2 Å². The van der Waals surface area contributed by atoms with E-state index in [1.54, 1.807) is 60.7 Å².